The zero-order chi connectivity index (χ0) is 14.4. The minimum absolute atomic E-state index is 0.153. The normalized spacial score (nSPS) is 30.1. The molecule has 5 nitrogen and oxygen atoms in total. The molecular weight excluding hydrogens is 366 g/mol. The van der Waals surface area contributed by atoms with Crippen LogP contribution >= 0.6 is 22.6 Å². The molecule has 0 aromatic carbocycles. The summed E-state index contributed by atoms with van der Waals surface area (Å²) in [5.41, 5.74) is 3.66. The minimum atomic E-state index is -0.153. The highest BCUT2D eigenvalue weighted by atomic mass is 127. The van der Waals surface area contributed by atoms with Crippen molar-refractivity contribution in [1.82, 2.24) is 20.3 Å². The summed E-state index contributed by atoms with van der Waals surface area (Å²) in [6.07, 6.45) is 2.00. The second-order valence-corrected chi connectivity index (χ2v) is 6.58. The van der Waals surface area contributed by atoms with Crippen molar-refractivity contribution in [1.29, 1.82) is 0 Å². The molecule has 1 saturated heterocycles. The standard InChI is InChI=1S/C13H18BIN4O/c1-5-6(2)9(17-8(5)3-15)7-4-16-11-10(7)18-13(20)19-12(11)14/h4-6,8-9,16-17H,3,14H2,1-2H3,(H,18,19,20). The van der Waals surface area contributed by atoms with Crippen molar-refractivity contribution in [2.45, 2.75) is 25.9 Å². The van der Waals surface area contributed by atoms with E-state index in [0.29, 0.717) is 17.9 Å². The third-order valence-corrected chi connectivity index (χ3v) is 5.56. The number of nitrogens with one attached hydrogen (secondary N) is 2. The van der Waals surface area contributed by atoms with Gasteiger partial charge in [0.1, 0.15) is 0 Å². The van der Waals surface area contributed by atoms with E-state index in [1.807, 2.05) is 14.0 Å². The van der Waals surface area contributed by atoms with Crippen LogP contribution in [0.15, 0.2) is 6.20 Å². The van der Waals surface area contributed by atoms with E-state index >= 15 is 0 Å². The topological polar surface area (TPSA) is 73.8 Å². The van der Waals surface area contributed by atoms with Crippen LogP contribution in [-0.4, -0.2) is 38.4 Å². The number of aromatic amines is 1. The molecule has 4 atom stereocenters. The lowest BCUT2D eigenvalue weighted by atomic mass is 9.88. The van der Waals surface area contributed by atoms with Crippen molar-refractivity contribution in [3.8, 4) is 6.01 Å². The number of alkyl halides is 1. The van der Waals surface area contributed by atoms with Crippen molar-refractivity contribution >= 4 is 47.1 Å². The molecule has 1 aliphatic heterocycles. The first-order valence-electron chi connectivity index (χ1n) is 6.89. The lowest BCUT2D eigenvalue weighted by Gasteiger charge is -2.16. The van der Waals surface area contributed by atoms with Gasteiger partial charge in [-0.1, -0.05) is 36.4 Å². The Kier molecular flexibility index (Phi) is 3.66. The molecule has 7 heteroatoms. The maximum absolute atomic E-state index is 9.66. The van der Waals surface area contributed by atoms with Crippen molar-refractivity contribution in [2.24, 2.45) is 11.8 Å². The summed E-state index contributed by atoms with van der Waals surface area (Å²) in [6, 6.07) is 0.643. The van der Waals surface area contributed by atoms with Gasteiger partial charge in [-0.05, 0) is 11.8 Å². The average molecular weight is 384 g/mol. The third-order valence-electron chi connectivity index (χ3n) is 4.61. The Morgan fingerprint density at radius 1 is 1.35 bits per heavy atom. The third kappa shape index (κ3) is 2.11. The fraction of sp³-hybridized carbons (Fsp3) is 0.538. The van der Waals surface area contributed by atoms with Crippen LogP contribution in [0, 0.1) is 11.8 Å². The average Bonchev–Trinajstić information content (AvgIpc) is 2.93. The number of H-pyrrole nitrogens is 1. The molecule has 3 rings (SSSR count). The zero-order valence-electron chi connectivity index (χ0n) is 11.8. The highest BCUT2D eigenvalue weighted by Gasteiger charge is 2.38. The molecule has 1 aliphatic rings. The van der Waals surface area contributed by atoms with Crippen LogP contribution < -0.4 is 10.9 Å². The first-order chi connectivity index (χ1) is 9.52. The lowest BCUT2D eigenvalue weighted by molar-refractivity contribution is 0.410. The number of halogens is 1. The summed E-state index contributed by atoms with van der Waals surface area (Å²) in [5, 5.41) is 13.4. The van der Waals surface area contributed by atoms with Gasteiger partial charge in [-0.15, -0.1) is 0 Å². The maximum Gasteiger partial charge on any atom is 0.313 e. The van der Waals surface area contributed by atoms with Gasteiger partial charge < -0.3 is 15.4 Å². The molecular formula is C13H18BIN4O. The Bertz CT molecular complexity index is 647. The van der Waals surface area contributed by atoms with E-state index in [-0.39, 0.29) is 12.1 Å². The molecule has 3 N–H and O–H groups in total. The molecule has 0 bridgehead atoms. The van der Waals surface area contributed by atoms with Crippen molar-refractivity contribution in [3.63, 3.8) is 0 Å². The predicted molar refractivity (Wildman–Crippen MR) is 90.6 cm³/mol. The molecule has 20 heavy (non-hydrogen) atoms. The van der Waals surface area contributed by atoms with Gasteiger partial charge in [-0.2, -0.15) is 4.98 Å². The summed E-state index contributed by atoms with van der Waals surface area (Å²) in [5.74, 6) is 1.16. The van der Waals surface area contributed by atoms with E-state index in [2.05, 4.69) is 56.7 Å². The molecule has 4 unspecified atom stereocenters. The van der Waals surface area contributed by atoms with E-state index < -0.39 is 0 Å². The quantitative estimate of drug-likeness (QED) is 0.404. The van der Waals surface area contributed by atoms with Crippen LogP contribution in [0.25, 0.3) is 11.0 Å². The van der Waals surface area contributed by atoms with Crippen LogP contribution in [-0.2, 0) is 0 Å². The molecule has 0 saturated carbocycles. The Hall–Kier alpha value is -0.825. The second-order valence-electron chi connectivity index (χ2n) is 5.70. The van der Waals surface area contributed by atoms with Crippen LogP contribution in [0.2, 0.25) is 0 Å². The Morgan fingerprint density at radius 3 is 2.75 bits per heavy atom. The number of aromatic nitrogens is 3. The van der Waals surface area contributed by atoms with Crippen molar-refractivity contribution in [2.75, 3.05) is 4.43 Å². The summed E-state index contributed by atoms with van der Waals surface area (Å²) in [7, 11) is 1.88. The molecule has 2 aromatic heterocycles. The highest BCUT2D eigenvalue weighted by molar-refractivity contribution is 14.1. The Balaban J connectivity index is 2.07. The van der Waals surface area contributed by atoms with Gasteiger partial charge in [0.2, 0.25) is 0 Å². The predicted octanol–water partition coefficient (Wildman–Crippen LogP) is 0.642. The summed E-state index contributed by atoms with van der Waals surface area (Å²) in [6.45, 7) is 4.58. The monoisotopic (exact) mass is 384 g/mol. The second kappa shape index (κ2) is 5.18. The van der Waals surface area contributed by atoms with Gasteiger partial charge in [0, 0.05) is 33.9 Å². The van der Waals surface area contributed by atoms with Crippen LogP contribution in [0.4, 0.5) is 0 Å². The molecule has 0 spiro atoms. The number of rotatable bonds is 2. The smallest absolute Gasteiger partial charge is 0.313 e. The molecule has 0 aliphatic carbocycles. The molecule has 1 fully saturated rings. The first-order valence-corrected chi connectivity index (χ1v) is 8.42. The maximum atomic E-state index is 9.66. The molecule has 2 aromatic rings. The fourth-order valence-electron chi connectivity index (χ4n) is 3.16. The molecule has 0 amide bonds. The minimum Gasteiger partial charge on any atom is -0.479 e. The van der Waals surface area contributed by atoms with E-state index in [4.69, 9.17) is 0 Å². The molecule has 3 heterocycles. The summed E-state index contributed by atoms with van der Waals surface area (Å²) >= 11 is 2.44. The highest BCUT2D eigenvalue weighted by Crippen LogP contribution is 2.39. The number of hydrogen-bond acceptors (Lipinski definition) is 4. The van der Waals surface area contributed by atoms with Crippen LogP contribution in [0.1, 0.15) is 25.5 Å². The number of aromatic hydroxyl groups is 1. The van der Waals surface area contributed by atoms with Gasteiger partial charge in [0.05, 0.1) is 11.0 Å². The van der Waals surface area contributed by atoms with E-state index in [0.717, 1.165) is 26.6 Å². The van der Waals surface area contributed by atoms with Gasteiger partial charge in [0.15, 0.2) is 7.85 Å². The van der Waals surface area contributed by atoms with Gasteiger partial charge in [0.25, 0.3) is 0 Å². The van der Waals surface area contributed by atoms with E-state index in [1.165, 1.54) is 0 Å². The SMILES string of the molecule is Bc1nc(O)nc2c(C3NC(CI)C(C)C3C)c[nH]c12. The first kappa shape index (κ1) is 14.1. The largest absolute Gasteiger partial charge is 0.479 e. The van der Waals surface area contributed by atoms with Crippen molar-refractivity contribution in [3.05, 3.63) is 11.8 Å². The van der Waals surface area contributed by atoms with Crippen LogP contribution in [0.5, 0.6) is 6.01 Å². The Morgan fingerprint density at radius 2 is 2.10 bits per heavy atom. The van der Waals surface area contributed by atoms with Gasteiger partial charge in [-0.3, -0.25) is 0 Å². The van der Waals surface area contributed by atoms with Crippen molar-refractivity contribution < 1.29 is 5.11 Å². The van der Waals surface area contributed by atoms with E-state index in [1.54, 1.807) is 0 Å². The number of nitrogens with zero attached hydrogens (tertiary/aromatic N) is 2. The summed E-state index contributed by atoms with van der Waals surface area (Å²) in [4.78, 5) is 11.5. The lowest BCUT2D eigenvalue weighted by Crippen LogP contribution is -2.28. The van der Waals surface area contributed by atoms with Gasteiger partial charge in [-0.25, -0.2) is 4.98 Å². The number of fused-ring (bicyclic) bond motifs is 1. The van der Waals surface area contributed by atoms with Gasteiger partial charge >= 0.3 is 6.01 Å². The summed E-state index contributed by atoms with van der Waals surface area (Å²) < 4.78 is 1.10. The number of hydrogen-bond donors (Lipinski definition) is 3. The molecule has 0 radical (unpaired) electrons. The van der Waals surface area contributed by atoms with E-state index in [9.17, 15) is 5.11 Å². The van der Waals surface area contributed by atoms with Crippen LogP contribution in [0.3, 0.4) is 0 Å². The Labute approximate surface area is 132 Å². The molecule has 106 valence electrons. The zero-order valence-corrected chi connectivity index (χ0v) is 14.0. The fourth-order valence-corrected chi connectivity index (χ4v) is 4.21.